The quantitative estimate of drug-likeness (QED) is 0.737. The van der Waals surface area contributed by atoms with Gasteiger partial charge < -0.3 is 10.2 Å². The minimum atomic E-state index is -0.0332. The second-order valence-electron chi connectivity index (χ2n) is 6.62. The van der Waals surface area contributed by atoms with Gasteiger partial charge in [0.2, 0.25) is 5.91 Å². The second-order valence-corrected chi connectivity index (χ2v) is 7.57. The van der Waals surface area contributed by atoms with Crippen LogP contribution in [0.1, 0.15) is 18.4 Å². The normalized spacial score (nSPS) is 16.9. The van der Waals surface area contributed by atoms with Crippen molar-refractivity contribution in [3.63, 3.8) is 0 Å². The minimum Gasteiger partial charge on any atom is -0.354 e. The Hall–Kier alpha value is -2.80. The molecular formula is C20H21N5OS. The van der Waals surface area contributed by atoms with E-state index >= 15 is 0 Å². The van der Waals surface area contributed by atoms with Crippen LogP contribution in [0.5, 0.6) is 0 Å². The maximum absolute atomic E-state index is 12.6. The van der Waals surface area contributed by atoms with Crippen molar-refractivity contribution in [3.8, 4) is 10.6 Å². The molecule has 1 aliphatic heterocycles. The predicted octanol–water partition coefficient (Wildman–Crippen LogP) is 3.13. The van der Waals surface area contributed by atoms with E-state index in [2.05, 4.69) is 25.4 Å². The van der Waals surface area contributed by atoms with Crippen LogP contribution in [0.2, 0.25) is 0 Å². The Balaban J connectivity index is 1.36. The number of anilines is 1. The van der Waals surface area contributed by atoms with Crippen molar-refractivity contribution in [1.29, 1.82) is 0 Å². The average molecular weight is 379 g/mol. The standard InChI is InChI=1S/C20H21N5OS/c26-20(22-13-15-4-1-9-21-12-15)16-5-2-10-25(14-16)19-8-7-17(23-24-19)18-6-3-11-27-18/h1,3-4,6-9,11-12,16H,2,5,10,13-14H2,(H,22,26). The fourth-order valence-corrected chi connectivity index (χ4v) is 3.98. The summed E-state index contributed by atoms with van der Waals surface area (Å²) in [5.74, 6) is 0.890. The van der Waals surface area contributed by atoms with Crippen LogP contribution in [0.4, 0.5) is 5.82 Å². The van der Waals surface area contributed by atoms with Gasteiger partial charge >= 0.3 is 0 Å². The number of pyridine rings is 1. The maximum Gasteiger partial charge on any atom is 0.225 e. The number of amides is 1. The molecule has 4 rings (SSSR count). The van der Waals surface area contributed by atoms with Crippen LogP contribution in [0, 0.1) is 5.92 Å². The molecule has 0 aromatic carbocycles. The molecule has 0 radical (unpaired) electrons. The Morgan fingerprint density at radius 3 is 2.93 bits per heavy atom. The van der Waals surface area contributed by atoms with E-state index < -0.39 is 0 Å². The van der Waals surface area contributed by atoms with E-state index in [0.29, 0.717) is 13.1 Å². The van der Waals surface area contributed by atoms with Crippen molar-refractivity contribution >= 4 is 23.1 Å². The summed E-state index contributed by atoms with van der Waals surface area (Å²) in [6.45, 7) is 2.09. The van der Waals surface area contributed by atoms with Gasteiger partial charge in [-0.15, -0.1) is 21.5 Å². The lowest BCUT2D eigenvalue weighted by atomic mass is 9.97. The zero-order valence-electron chi connectivity index (χ0n) is 14.9. The van der Waals surface area contributed by atoms with E-state index in [0.717, 1.165) is 41.3 Å². The highest BCUT2D eigenvalue weighted by Crippen LogP contribution is 2.25. The predicted molar refractivity (Wildman–Crippen MR) is 106 cm³/mol. The molecule has 3 aromatic rings. The summed E-state index contributed by atoms with van der Waals surface area (Å²) in [6, 6.07) is 11.9. The first-order valence-electron chi connectivity index (χ1n) is 9.09. The molecular weight excluding hydrogens is 358 g/mol. The van der Waals surface area contributed by atoms with E-state index in [1.807, 2.05) is 41.8 Å². The highest BCUT2D eigenvalue weighted by atomic mass is 32.1. The SMILES string of the molecule is O=C(NCc1cccnc1)C1CCCN(c2ccc(-c3cccs3)nn2)C1. The molecule has 0 bridgehead atoms. The molecule has 0 spiro atoms. The van der Waals surface area contributed by atoms with Gasteiger partial charge in [0.15, 0.2) is 5.82 Å². The van der Waals surface area contributed by atoms with Gasteiger partial charge in [-0.1, -0.05) is 12.1 Å². The first-order chi connectivity index (χ1) is 13.3. The molecule has 1 atom stereocenters. The van der Waals surface area contributed by atoms with E-state index in [1.54, 1.807) is 23.7 Å². The number of carbonyl (C=O) groups excluding carboxylic acids is 1. The van der Waals surface area contributed by atoms with Crippen LogP contribution >= 0.6 is 11.3 Å². The van der Waals surface area contributed by atoms with Gasteiger partial charge in [0.1, 0.15) is 5.69 Å². The largest absolute Gasteiger partial charge is 0.354 e. The summed E-state index contributed by atoms with van der Waals surface area (Å²) in [4.78, 5) is 19.9. The number of piperidine rings is 1. The van der Waals surface area contributed by atoms with Gasteiger partial charge in [0.05, 0.1) is 10.8 Å². The van der Waals surface area contributed by atoms with E-state index in [9.17, 15) is 4.79 Å². The van der Waals surface area contributed by atoms with Crippen LogP contribution in [0.25, 0.3) is 10.6 Å². The summed E-state index contributed by atoms with van der Waals surface area (Å²) in [5.41, 5.74) is 1.89. The Labute approximate surface area is 162 Å². The number of nitrogens with one attached hydrogen (secondary N) is 1. The fourth-order valence-electron chi connectivity index (χ4n) is 3.29. The van der Waals surface area contributed by atoms with Crippen LogP contribution in [0.3, 0.4) is 0 Å². The molecule has 1 saturated heterocycles. The molecule has 1 amide bonds. The maximum atomic E-state index is 12.6. The first-order valence-corrected chi connectivity index (χ1v) is 9.97. The summed E-state index contributed by atoms with van der Waals surface area (Å²) >= 11 is 1.65. The first kappa shape index (κ1) is 17.6. The zero-order chi connectivity index (χ0) is 18.5. The minimum absolute atomic E-state index is 0.0332. The Bertz CT molecular complexity index is 867. The smallest absolute Gasteiger partial charge is 0.225 e. The van der Waals surface area contributed by atoms with Gasteiger partial charge in [-0.05, 0) is 48.1 Å². The number of hydrogen-bond acceptors (Lipinski definition) is 6. The lowest BCUT2D eigenvalue weighted by molar-refractivity contribution is -0.125. The van der Waals surface area contributed by atoms with E-state index in [-0.39, 0.29) is 11.8 Å². The lowest BCUT2D eigenvalue weighted by Gasteiger charge is -2.32. The molecule has 1 aliphatic rings. The number of carbonyl (C=O) groups is 1. The van der Waals surface area contributed by atoms with E-state index in [4.69, 9.17) is 0 Å². The lowest BCUT2D eigenvalue weighted by Crippen LogP contribution is -2.43. The number of rotatable bonds is 5. The van der Waals surface area contributed by atoms with Crippen molar-refractivity contribution in [2.24, 2.45) is 5.92 Å². The van der Waals surface area contributed by atoms with Crippen molar-refractivity contribution in [1.82, 2.24) is 20.5 Å². The molecule has 138 valence electrons. The molecule has 3 aromatic heterocycles. The molecule has 1 N–H and O–H groups in total. The van der Waals surface area contributed by atoms with Crippen LogP contribution in [0.15, 0.2) is 54.2 Å². The monoisotopic (exact) mass is 379 g/mol. The molecule has 0 saturated carbocycles. The van der Waals surface area contributed by atoms with E-state index in [1.165, 1.54) is 0 Å². The van der Waals surface area contributed by atoms with Crippen LogP contribution in [-0.4, -0.2) is 34.2 Å². The summed E-state index contributed by atoms with van der Waals surface area (Å²) < 4.78 is 0. The summed E-state index contributed by atoms with van der Waals surface area (Å²) in [6.07, 6.45) is 5.38. The topological polar surface area (TPSA) is 71.0 Å². The number of nitrogens with zero attached hydrogens (tertiary/aromatic N) is 4. The third-order valence-corrected chi connectivity index (χ3v) is 5.62. The number of thiophene rings is 1. The third kappa shape index (κ3) is 4.31. The Morgan fingerprint density at radius 1 is 1.22 bits per heavy atom. The Morgan fingerprint density at radius 2 is 2.19 bits per heavy atom. The second kappa shape index (κ2) is 8.26. The highest BCUT2D eigenvalue weighted by Gasteiger charge is 2.26. The Kier molecular flexibility index (Phi) is 5.39. The molecule has 27 heavy (non-hydrogen) atoms. The van der Waals surface area contributed by atoms with Crippen molar-refractivity contribution in [3.05, 3.63) is 59.7 Å². The third-order valence-electron chi connectivity index (χ3n) is 4.73. The van der Waals surface area contributed by atoms with Gasteiger partial charge in [-0.3, -0.25) is 9.78 Å². The summed E-state index contributed by atoms with van der Waals surface area (Å²) in [5, 5.41) is 13.8. The number of hydrogen-bond donors (Lipinski definition) is 1. The number of aromatic nitrogens is 3. The molecule has 4 heterocycles. The molecule has 1 fully saturated rings. The van der Waals surface area contributed by atoms with Gasteiger partial charge in [-0.2, -0.15) is 0 Å². The summed E-state index contributed by atoms with van der Waals surface area (Å²) in [7, 11) is 0. The molecule has 7 heteroatoms. The zero-order valence-corrected chi connectivity index (χ0v) is 15.7. The van der Waals surface area contributed by atoms with Gasteiger partial charge in [0, 0.05) is 32.0 Å². The average Bonchev–Trinajstić information content (AvgIpc) is 3.28. The van der Waals surface area contributed by atoms with Crippen molar-refractivity contribution in [2.45, 2.75) is 19.4 Å². The van der Waals surface area contributed by atoms with Gasteiger partial charge in [-0.25, -0.2) is 0 Å². The van der Waals surface area contributed by atoms with Gasteiger partial charge in [0.25, 0.3) is 0 Å². The molecule has 0 aliphatic carbocycles. The molecule has 1 unspecified atom stereocenters. The van der Waals surface area contributed by atoms with Crippen LogP contribution < -0.4 is 10.2 Å². The highest BCUT2D eigenvalue weighted by molar-refractivity contribution is 7.13. The fraction of sp³-hybridized carbons (Fsp3) is 0.300. The van der Waals surface area contributed by atoms with Crippen molar-refractivity contribution < 1.29 is 4.79 Å². The van der Waals surface area contributed by atoms with Crippen LogP contribution in [-0.2, 0) is 11.3 Å². The molecule has 6 nitrogen and oxygen atoms in total. The van der Waals surface area contributed by atoms with Crippen molar-refractivity contribution in [2.75, 3.05) is 18.0 Å².